The van der Waals surface area contributed by atoms with Crippen LogP contribution in [0.4, 0.5) is 10.1 Å². The highest BCUT2D eigenvalue weighted by Crippen LogP contribution is 2.36. The van der Waals surface area contributed by atoms with Crippen molar-refractivity contribution in [3.63, 3.8) is 0 Å². The Morgan fingerprint density at radius 2 is 1.87 bits per heavy atom. The van der Waals surface area contributed by atoms with E-state index in [0.29, 0.717) is 11.1 Å². The summed E-state index contributed by atoms with van der Waals surface area (Å²) in [5.74, 6) is -0.474. The SMILES string of the molecule is C[C@H](/C=C/S(C)(=O)=O)NC(=O)c1ccc(N2CCCCC2c2ccccc2F)cc1. The molecule has 1 aliphatic rings. The number of piperidine rings is 1. The van der Waals surface area contributed by atoms with Gasteiger partial charge in [-0.2, -0.15) is 0 Å². The van der Waals surface area contributed by atoms with Gasteiger partial charge in [-0.05, 0) is 56.5 Å². The third-order valence-corrected chi connectivity index (χ3v) is 5.85. The monoisotopic (exact) mass is 430 g/mol. The van der Waals surface area contributed by atoms with Crippen LogP contribution in [0, 0.1) is 5.82 Å². The number of sulfone groups is 1. The molecule has 2 aromatic rings. The van der Waals surface area contributed by atoms with Crippen LogP contribution in [0.5, 0.6) is 0 Å². The van der Waals surface area contributed by atoms with Crippen LogP contribution in [0.15, 0.2) is 60.0 Å². The molecule has 2 aromatic carbocycles. The standard InChI is InChI=1S/C23H27FN2O3S/c1-17(14-16-30(2,28)29)25-23(27)18-10-12-19(13-11-18)26-15-6-5-9-22(26)20-7-3-4-8-21(20)24/h3-4,7-8,10-14,16-17,22H,5-6,9,15H2,1-2H3,(H,25,27)/b16-14+/t17-,22?/m1/s1. The second-order valence-electron chi connectivity index (χ2n) is 7.69. The van der Waals surface area contributed by atoms with Crippen LogP contribution >= 0.6 is 0 Å². The molecule has 1 amide bonds. The van der Waals surface area contributed by atoms with E-state index >= 15 is 0 Å². The zero-order chi connectivity index (χ0) is 21.7. The molecule has 1 unspecified atom stereocenters. The number of benzene rings is 2. The number of anilines is 1. The van der Waals surface area contributed by atoms with Crippen molar-refractivity contribution in [2.75, 3.05) is 17.7 Å². The molecule has 5 nitrogen and oxygen atoms in total. The topological polar surface area (TPSA) is 66.5 Å². The van der Waals surface area contributed by atoms with E-state index in [9.17, 15) is 17.6 Å². The van der Waals surface area contributed by atoms with Crippen molar-refractivity contribution in [2.24, 2.45) is 0 Å². The van der Waals surface area contributed by atoms with Gasteiger partial charge >= 0.3 is 0 Å². The quantitative estimate of drug-likeness (QED) is 0.745. The molecule has 0 radical (unpaired) electrons. The van der Waals surface area contributed by atoms with Crippen molar-refractivity contribution < 1.29 is 17.6 Å². The summed E-state index contributed by atoms with van der Waals surface area (Å²) in [5.41, 5.74) is 2.13. The molecule has 0 aliphatic carbocycles. The Kier molecular flexibility index (Phi) is 6.92. The fourth-order valence-corrected chi connectivity index (χ4v) is 4.23. The van der Waals surface area contributed by atoms with E-state index in [1.165, 1.54) is 12.1 Å². The molecule has 0 bridgehead atoms. The number of halogens is 1. The maximum Gasteiger partial charge on any atom is 0.251 e. The number of hydrogen-bond acceptors (Lipinski definition) is 4. The number of carbonyl (C=O) groups excluding carboxylic acids is 1. The first-order chi connectivity index (χ1) is 14.2. The summed E-state index contributed by atoms with van der Waals surface area (Å²) < 4.78 is 36.8. The van der Waals surface area contributed by atoms with E-state index in [2.05, 4.69) is 10.2 Å². The van der Waals surface area contributed by atoms with Gasteiger partial charge in [0.1, 0.15) is 5.82 Å². The fraction of sp³-hybridized carbons (Fsp3) is 0.348. The molecule has 0 aromatic heterocycles. The lowest BCUT2D eigenvalue weighted by atomic mass is 9.94. The van der Waals surface area contributed by atoms with Crippen LogP contribution in [0.25, 0.3) is 0 Å². The predicted octanol–water partition coefficient (Wildman–Crippen LogP) is 4.23. The summed E-state index contributed by atoms with van der Waals surface area (Å²) in [7, 11) is -3.23. The molecule has 1 heterocycles. The maximum atomic E-state index is 14.4. The molecule has 0 saturated carbocycles. The van der Waals surface area contributed by atoms with Crippen LogP contribution in [-0.4, -0.2) is 33.2 Å². The zero-order valence-corrected chi connectivity index (χ0v) is 18.0. The first kappa shape index (κ1) is 22.0. The summed E-state index contributed by atoms with van der Waals surface area (Å²) in [6.45, 7) is 2.54. The van der Waals surface area contributed by atoms with Crippen molar-refractivity contribution in [3.8, 4) is 0 Å². The summed E-state index contributed by atoms with van der Waals surface area (Å²) >= 11 is 0. The van der Waals surface area contributed by atoms with Gasteiger partial charge < -0.3 is 10.2 Å². The van der Waals surface area contributed by atoms with Crippen LogP contribution in [-0.2, 0) is 9.84 Å². The number of amides is 1. The predicted molar refractivity (Wildman–Crippen MR) is 118 cm³/mol. The van der Waals surface area contributed by atoms with Crippen molar-refractivity contribution in [2.45, 2.75) is 38.3 Å². The molecule has 7 heteroatoms. The highest BCUT2D eigenvalue weighted by atomic mass is 32.2. The molecule has 160 valence electrons. The third kappa shape index (κ3) is 5.69. The minimum Gasteiger partial charge on any atom is -0.364 e. The summed E-state index contributed by atoms with van der Waals surface area (Å²) in [6, 6.07) is 13.7. The molecule has 30 heavy (non-hydrogen) atoms. The minimum absolute atomic E-state index is 0.0271. The molecular formula is C23H27FN2O3S. The molecule has 1 aliphatic heterocycles. The Labute approximate surface area is 177 Å². The Bertz CT molecular complexity index is 1020. The van der Waals surface area contributed by atoms with E-state index in [0.717, 1.165) is 43.2 Å². The van der Waals surface area contributed by atoms with E-state index < -0.39 is 15.9 Å². The lowest BCUT2D eigenvalue weighted by Crippen LogP contribution is -2.34. The Hall–Kier alpha value is -2.67. The summed E-state index contributed by atoms with van der Waals surface area (Å²) in [6.07, 6.45) is 5.51. The van der Waals surface area contributed by atoms with Gasteiger partial charge in [0, 0.05) is 41.1 Å². The molecule has 1 N–H and O–H groups in total. The molecular weight excluding hydrogens is 403 g/mol. The number of carbonyl (C=O) groups is 1. The van der Waals surface area contributed by atoms with Crippen molar-refractivity contribution in [1.29, 1.82) is 0 Å². The van der Waals surface area contributed by atoms with Gasteiger partial charge in [-0.3, -0.25) is 4.79 Å². The van der Waals surface area contributed by atoms with E-state index in [4.69, 9.17) is 0 Å². The van der Waals surface area contributed by atoms with Crippen molar-refractivity contribution >= 4 is 21.4 Å². The first-order valence-electron chi connectivity index (χ1n) is 10.0. The second-order valence-corrected chi connectivity index (χ2v) is 9.62. The normalized spacial score (nSPS) is 18.4. The van der Waals surface area contributed by atoms with Crippen LogP contribution in [0.1, 0.15) is 48.1 Å². The van der Waals surface area contributed by atoms with Gasteiger partial charge in [0.15, 0.2) is 9.84 Å². The van der Waals surface area contributed by atoms with Crippen molar-refractivity contribution in [3.05, 3.63) is 77.0 Å². The molecule has 0 spiro atoms. The van der Waals surface area contributed by atoms with Gasteiger partial charge in [-0.25, -0.2) is 12.8 Å². The molecule has 3 rings (SSSR count). The Morgan fingerprint density at radius 1 is 1.17 bits per heavy atom. The van der Waals surface area contributed by atoms with Gasteiger partial charge in [0.05, 0.1) is 6.04 Å². The highest BCUT2D eigenvalue weighted by Gasteiger charge is 2.26. The Balaban J connectivity index is 1.73. The Morgan fingerprint density at radius 3 is 2.53 bits per heavy atom. The number of nitrogens with one attached hydrogen (secondary N) is 1. The highest BCUT2D eigenvalue weighted by molar-refractivity contribution is 7.93. The minimum atomic E-state index is -3.23. The van der Waals surface area contributed by atoms with Gasteiger partial charge in [0.2, 0.25) is 0 Å². The zero-order valence-electron chi connectivity index (χ0n) is 17.2. The average molecular weight is 431 g/mol. The van der Waals surface area contributed by atoms with E-state index in [-0.39, 0.29) is 17.8 Å². The third-order valence-electron chi connectivity index (χ3n) is 5.20. The van der Waals surface area contributed by atoms with Gasteiger partial charge in [-0.15, -0.1) is 0 Å². The first-order valence-corrected chi connectivity index (χ1v) is 12.0. The lowest BCUT2D eigenvalue weighted by Gasteiger charge is -2.38. The van der Waals surface area contributed by atoms with Crippen molar-refractivity contribution in [1.82, 2.24) is 5.32 Å². The summed E-state index contributed by atoms with van der Waals surface area (Å²) in [5, 5.41) is 3.84. The molecule has 1 saturated heterocycles. The molecule has 1 fully saturated rings. The van der Waals surface area contributed by atoms with E-state index in [1.54, 1.807) is 25.1 Å². The van der Waals surface area contributed by atoms with Gasteiger partial charge in [-0.1, -0.05) is 24.3 Å². The van der Waals surface area contributed by atoms with Crippen LogP contribution < -0.4 is 10.2 Å². The van der Waals surface area contributed by atoms with E-state index in [1.807, 2.05) is 24.3 Å². The largest absolute Gasteiger partial charge is 0.364 e. The number of hydrogen-bond donors (Lipinski definition) is 1. The number of rotatable bonds is 6. The fourth-order valence-electron chi connectivity index (χ4n) is 3.71. The number of nitrogens with zero attached hydrogens (tertiary/aromatic N) is 1. The smallest absolute Gasteiger partial charge is 0.251 e. The van der Waals surface area contributed by atoms with Crippen LogP contribution in [0.2, 0.25) is 0 Å². The maximum absolute atomic E-state index is 14.4. The molecule has 2 atom stereocenters. The van der Waals surface area contributed by atoms with Gasteiger partial charge in [0.25, 0.3) is 5.91 Å². The second kappa shape index (κ2) is 9.43. The van der Waals surface area contributed by atoms with Crippen LogP contribution in [0.3, 0.4) is 0 Å². The average Bonchev–Trinajstić information content (AvgIpc) is 2.72. The lowest BCUT2D eigenvalue weighted by molar-refractivity contribution is 0.0947. The summed E-state index contributed by atoms with van der Waals surface area (Å²) in [4.78, 5) is 14.6.